The zero-order valence-electron chi connectivity index (χ0n) is 5.88. The molecule has 13 N–H and O–H groups in total. The zero-order valence-corrected chi connectivity index (χ0v) is 8.85. The summed E-state index contributed by atoms with van der Waals surface area (Å²) in [4.78, 5) is 8.36. The van der Waals surface area contributed by atoms with Gasteiger partial charge in [-0.2, -0.15) is 0 Å². The van der Waals surface area contributed by atoms with Gasteiger partial charge in [0.1, 0.15) is 0 Å². The van der Waals surface area contributed by atoms with Gasteiger partial charge >= 0.3 is 0 Å². The largest absolute Gasteiger partial charge is 0.693 e. The van der Waals surface area contributed by atoms with E-state index in [0.29, 0.717) is 0 Å². The van der Waals surface area contributed by atoms with Crippen molar-refractivity contribution in [2.24, 2.45) is 0 Å². The van der Waals surface area contributed by atoms with E-state index < -0.39 is 5.09 Å². The molecule has 0 aliphatic carbocycles. The Morgan fingerprint density at radius 2 is 0.909 bits per heavy atom. The summed E-state index contributed by atoms with van der Waals surface area (Å²) >= 11 is 0. The van der Waals surface area contributed by atoms with Gasteiger partial charge in [0.2, 0.25) is 0 Å². The van der Waals surface area contributed by atoms with E-state index in [1.54, 1.807) is 0 Å². The summed E-state index contributed by atoms with van der Waals surface area (Å²) in [7, 11) is 0. The molecule has 74 valence electrons. The van der Waals surface area contributed by atoms with Gasteiger partial charge in [0.15, 0.2) is 0 Å². The minimum atomic E-state index is -1.50. The predicted octanol–water partition coefficient (Wildman–Crippen LogP) is 3.95. The summed E-state index contributed by atoms with van der Waals surface area (Å²) in [5, 5.41) is 13.6. The minimum absolute atomic E-state index is 0. The van der Waals surface area contributed by atoms with E-state index >= 15 is 0 Å². The first kappa shape index (κ1) is 146. The van der Waals surface area contributed by atoms with Crippen molar-refractivity contribution in [1.29, 1.82) is 0 Å². The zero-order chi connectivity index (χ0) is 3.58. The van der Waals surface area contributed by atoms with Crippen molar-refractivity contribution in [1.82, 2.24) is 0 Å². The van der Waals surface area contributed by atoms with Crippen molar-refractivity contribution >= 4 is 0 Å². The molecule has 11 heavy (non-hydrogen) atoms. The summed E-state index contributed by atoms with van der Waals surface area (Å²) in [5.41, 5.74) is 0. The van der Waals surface area contributed by atoms with Gasteiger partial charge in [-0.25, -0.2) is 0 Å². The van der Waals surface area contributed by atoms with Crippen molar-refractivity contribution in [3.8, 4) is 0 Å². The summed E-state index contributed by atoms with van der Waals surface area (Å²) < 4.78 is 0. The summed E-state index contributed by atoms with van der Waals surface area (Å²) in [6, 6.07) is 0. The summed E-state index contributed by atoms with van der Waals surface area (Å²) in [6.45, 7) is 0. The number of hydrogen-bond acceptors (Lipinski definition) is 2. The van der Waals surface area contributed by atoms with Crippen molar-refractivity contribution in [3.63, 3.8) is 0 Å². The predicted molar refractivity (Wildman–Crippen MR) is 40.5 cm³/mol. The van der Waals surface area contributed by atoms with E-state index in [1.165, 1.54) is 0 Å². The average Bonchev–Trinajstić information content (AvgIpc) is 0.811. The molecule has 0 fully saturated rings. The monoisotopic (exact) mass is 223 g/mol. The molecule has 0 aromatic heterocycles. The Morgan fingerprint density at radius 1 is 0.909 bits per heavy atom. The van der Waals surface area contributed by atoms with Crippen molar-refractivity contribution in [2.75, 3.05) is 0 Å². The summed E-state index contributed by atoms with van der Waals surface area (Å²) in [5.74, 6) is 0. The number of hydrogen-bond donors (Lipinski definition) is 1. The van der Waals surface area contributed by atoms with Gasteiger partial charge in [-0.15, -0.1) is 10.1 Å². The molecule has 11 heteroatoms. The van der Waals surface area contributed by atoms with Gasteiger partial charge in [0.05, 0.1) is 0 Å². The minimum Gasteiger partial charge on any atom is -0.693 e. The molecule has 10 nitrogen and oxygen atoms in total. The van der Waals surface area contributed by atoms with E-state index in [1.807, 2.05) is 0 Å². The van der Waals surface area contributed by atoms with Gasteiger partial charge in [0, 0.05) is 19.5 Å². The summed E-state index contributed by atoms with van der Waals surface area (Å²) in [6.07, 6.45) is 0. The van der Waals surface area contributed by atoms with E-state index in [0.717, 1.165) is 0 Å². The fourth-order valence-electron chi connectivity index (χ4n) is 0. The maximum atomic E-state index is 8.36. The fourth-order valence-corrected chi connectivity index (χ4v) is 0. The van der Waals surface area contributed by atoms with Crippen LogP contribution >= 0.6 is 0 Å². The second-order valence-corrected chi connectivity index (χ2v) is 0.238. The van der Waals surface area contributed by atoms with Crippen LogP contribution in [-0.2, 0) is 19.5 Å². The van der Waals surface area contributed by atoms with Crippen LogP contribution in [0.2, 0.25) is 0 Å². The molecule has 0 amide bonds. The SMILES string of the molecule is O=[N+]([O-])O.[NH2-].[NH2-].[NH2-].[NH2-].[NH2-].[NH2-].[Zn]. The first-order valence-corrected chi connectivity index (χ1v) is 0.565. The van der Waals surface area contributed by atoms with Gasteiger partial charge in [0.25, 0.3) is 5.09 Å². The maximum absolute atomic E-state index is 8.36. The van der Waals surface area contributed by atoms with Crippen molar-refractivity contribution in [3.05, 3.63) is 47.0 Å². The second kappa shape index (κ2) is 106. The molecule has 0 aromatic carbocycles. The average molecular weight is 225 g/mol. The second-order valence-electron chi connectivity index (χ2n) is 0.238. The molecule has 0 bridgehead atoms. The van der Waals surface area contributed by atoms with E-state index in [-0.39, 0.29) is 56.4 Å². The van der Waals surface area contributed by atoms with Crippen LogP contribution < -0.4 is 0 Å². The maximum Gasteiger partial charge on any atom is 0.291 e. The Bertz CT molecular complexity index is 36.7. The van der Waals surface area contributed by atoms with Crippen LogP contribution in [0.5, 0.6) is 0 Å². The molecule has 0 radical (unpaired) electrons. The Kier molecular flexibility index (Phi) is 1400. The van der Waals surface area contributed by atoms with Crippen LogP contribution in [0.3, 0.4) is 0 Å². The first-order chi connectivity index (χ1) is 1.73. The van der Waals surface area contributed by atoms with Crippen molar-refractivity contribution in [2.45, 2.75) is 0 Å². The van der Waals surface area contributed by atoms with Gasteiger partial charge in [-0.05, 0) is 0 Å². The van der Waals surface area contributed by atoms with Crippen LogP contribution in [0.1, 0.15) is 0 Å². The molecule has 0 heterocycles. The Balaban J connectivity index is -0.00000000214. The van der Waals surface area contributed by atoms with Gasteiger partial charge < -0.3 is 42.1 Å². The fraction of sp³-hybridized carbons (Fsp3) is 0. The van der Waals surface area contributed by atoms with Crippen LogP contribution in [-0.4, -0.2) is 10.3 Å². The number of rotatable bonds is 0. The molecular weight excluding hydrogens is 211 g/mol. The normalized spacial score (nSPS) is 2.18. The molecule has 0 saturated heterocycles. The van der Waals surface area contributed by atoms with Crippen LogP contribution in [0.15, 0.2) is 0 Å². The Morgan fingerprint density at radius 3 is 0.909 bits per heavy atom. The van der Waals surface area contributed by atoms with Gasteiger partial charge in [-0.1, -0.05) is 0 Å². The number of nitrogens with two attached hydrogens (primary N) is 6. The molecule has 0 aliphatic heterocycles. The van der Waals surface area contributed by atoms with Crippen LogP contribution in [0.25, 0.3) is 36.9 Å². The van der Waals surface area contributed by atoms with E-state index in [4.69, 9.17) is 15.3 Å². The third-order valence-corrected chi connectivity index (χ3v) is 0. The molecule has 0 saturated carbocycles. The first-order valence-electron chi connectivity index (χ1n) is 0.565. The molecule has 0 rings (SSSR count). The molecule has 0 unspecified atom stereocenters. The quantitative estimate of drug-likeness (QED) is 0.363. The third-order valence-electron chi connectivity index (χ3n) is 0. The standard InChI is InChI=1S/HNO3.6H2N.Zn/c2-1(3)4;;;;;;;/h(H,2,3,4);6*1H2;/q;6*-1;. The molecule has 0 aromatic rings. The third kappa shape index (κ3) is 3180. The molecule has 0 spiro atoms. The smallest absolute Gasteiger partial charge is 0.291 e. The molecular formula is H13N7O3Zn-6. The van der Waals surface area contributed by atoms with Crippen LogP contribution in [0, 0.1) is 10.1 Å². The van der Waals surface area contributed by atoms with E-state index in [2.05, 4.69) is 0 Å². The van der Waals surface area contributed by atoms with Gasteiger partial charge in [-0.3, -0.25) is 0 Å². The molecule has 0 atom stereocenters. The van der Waals surface area contributed by atoms with Crippen molar-refractivity contribution < 1.29 is 29.8 Å². The van der Waals surface area contributed by atoms with Crippen LogP contribution in [0.4, 0.5) is 0 Å². The Labute approximate surface area is 77.5 Å². The number of nitrogens with zero attached hydrogens (tertiary/aromatic N) is 1. The topological polar surface area (TPSA) is 264 Å². The molecule has 0 aliphatic rings. The van der Waals surface area contributed by atoms with E-state index in [9.17, 15) is 0 Å². The Hall–Kier alpha value is -0.417.